The topological polar surface area (TPSA) is 172 Å². The van der Waals surface area contributed by atoms with Gasteiger partial charge in [0, 0.05) is 86.2 Å². The van der Waals surface area contributed by atoms with Gasteiger partial charge in [-0.15, -0.1) is 0 Å². The molecular formula is C47H49F2N9O6. The van der Waals surface area contributed by atoms with Gasteiger partial charge in [-0.3, -0.25) is 48.8 Å². The number of aromatic nitrogens is 4. The zero-order chi connectivity index (χ0) is 44.3. The molecule has 17 heteroatoms. The van der Waals surface area contributed by atoms with E-state index in [0.717, 1.165) is 42.6 Å². The summed E-state index contributed by atoms with van der Waals surface area (Å²) < 4.78 is 38.1. The number of piperidine rings is 2. The van der Waals surface area contributed by atoms with E-state index in [0.29, 0.717) is 97.0 Å². The molecule has 0 bridgehead atoms. The Morgan fingerprint density at radius 3 is 2.42 bits per heavy atom. The average molecular weight is 874 g/mol. The van der Waals surface area contributed by atoms with Crippen molar-refractivity contribution in [3.05, 3.63) is 95.4 Å². The number of imide groups is 2. The van der Waals surface area contributed by atoms with Crippen LogP contribution < -0.4 is 10.6 Å². The highest BCUT2D eigenvalue weighted by atomic mass is 19.1. The molecule has 6 heterocycles. The van der Waals surface area contributed by atoms with Crippen LogP contribution in [0.4, 0.5) is 14.5 Å². The van der Waals surface area contributed by atoms with E-state index in [1.54, 1.807) is 36.7 Å². The highest BCUT2D eigenvalue weighted by Crippen LogP contribution is 2.33. The maximum absolute atomic E-state index is 15.4. The van der Waals surface area contributed by atoms with Gasteiger partial charge in [0.25, 0.3) is 5.91 Å². The predicted molar refractivity (Wildman–Crippen MR) is 232 cm³/mol. The number of carbonyl (C=O) groups excluding carboxylic acids is 5. The number of carbonyl (C=O) groups is 5. The average Bonchev–Trinajstić information content (AvgIpc) is 3.80. The molecule has 0 saturated carbocycles. The number of hydrogen-bond donors (Lipinski definition) is 2. The fraction of sp³-hybridized carbons (Fsp3) is 0.404. The van der Waals surface area contributed by atoms with Crippen molar-refractivity contribution in [2.45, 2.75) is 76.4 Å². The van der Waals surface area contributed by atoms with Gasteiger partial charge in [-0.2, -0.15) is 5.10 Å². The minimum atomic E-state index is -0.998. The van der Waals surface area contributed by atoms with Gasteiger partial charge in [-0.25, -0.2) is 13.8 Å². The molecule has 5 amide bonds. The Bertz CT molecular complexity index is 2600. The molecule has 4 aliphatic heterocycles. The van der Waals surface area contributed by atoms with Crippen LogP contribution in [0.15, 0.2) is 67.1 Å². The number of hydrogen-bond acceptors (Lipinski definition) is 11. The van der Waals surface area contributed by atoms with E-state index in [9.17, 15) is 24.0 Å². The largest absolute Gasteiger partial charge is 0.385 e. The quantitative estimate of drug-likeness (QED) is 0.114. The molecule has 1 atom stereocenters. The van der Waals surface area contributed by atoms with Crippen molar-refractivity contribution in [2.75, 3.05) is 51.3 Å². The molecule has 1 unspecified atom stereocenters. The molecule has 9 rings (SSSR count). The van der Waals surface area contributed by atoms with Gasteiger partial charge in [0.2, 0.25) is 23.6 Å². The molecule has 3 saturated heterocycles. The third kappa shape index (κ3) is 8.99. The van der Waals surface area contributed by atoms with Crippen LogP contribution in [0, 0.1) is 11.6 Å². The summed E-state index contributed by atoms with van der Waals surface area (Å²) in [7, 11) is 0. The van der Waals surface area contributed by atoms with Crippen LogP contribution in [0.5, 0.6) is 0 Å². The molecule has 0 radical (unpaired) electrons. The molecule has 4 aliphatic rings. The van der Waals surface area contributed by atoms with E-state index in [-0.39, 0.29) is 43.3 Å². The first-order valence-electron chi connectivity index (χ1n) is 22.0. The molecule has 3 fully saturated rings. The van der Waals surface area contributed by atoms with E-state index in [1.165, 1.54) is 12.1 Å². The summed E-state index contributed by atoms with van der Waals surface area (Å²) in [5.41, 5.74) is 5.14. The van der Waals surface area contributed by atoms with Gasteiger partial charge in [0.05, 0.1) is 54.8 Å². The number of amides is 5. The number of anilines is 1. The van der Waals surface area contributed by atoms with Gasteiger partial charge in [0.1, 0.15) is 17.7 Å². The van der Waals surface area contributed by atoms with Crippen molar-refractivity contribution in [1.82, 2.24) is 39.8 Å². The van der Waals surface area contributed by atoms with Crippen molar-refractivity contribution in [1.29, 1.82) is 0 Å². The highest BCUT2D eigenvalue weighted by molar-refractivity contribution is 6.14. The lowest BCUT2D eigenvalue weighted by Gasteiger charge is -2.35. The molecule has 2 N–H and O–H groups in total. The van der Waals surface area contributed by atoms with Crippen molar-refractivity contribution in [2.24, 2.45) is 0 Å². The molecule has 3 aromatic carbocycles. The summed E-state index contributed by atoms with van der Waals surface area (Å²) in [4.78, 5) is 78.1. The number of nitrogens with one attached hydrogen (secondary N) is 2. The second-order valence-electron chi connectivity index (χ2n) is 16.8. The van der Waals surface area contributed by atoms with Crippen molar-refractivity contribution >= 4 is 46.3 Å². The first-order valence-corrected chi connectivity index (χ1v) is 22.0. The van der Waals surface area contributed by atoms with E-state index in [2.05, 4.69) is 20.7 Å². The Kier molecular flexibility index (Phi) is 12.5. The number of rotatable bonds is 13. The fourth-order valence-corrected chi connectivity index (χ4v) is 9.17. The second-order valence-corrected chi connectivity index (χ2v) is 16.8. The zero-order valence-corrected chi connectivity index (χ0v) is 35.4. The SMILES string of the molecule is O=C1CCC(N2C(=O)Cc3c(NCCCCCC(=O)N4CCC(n5cc(-c6cnc7cccc(-c8cc(F)c(CN9CCOCC9)c(F)c8)c7n6)cn5)CC4)cccc3C2=O)C(=O)N1. The summed E-state index contributed by atoms with van der Waals surface area (Å²) in [6, 6.07) is 12.5. The Morgan fingerprint density at radius 2 is 1.64 bits per heavy atom. The van der Waals surface area contributed by atoms with Gasteiger partial charge in [-0.05, 0) is 73.6 Å². The number of fused-ring (bicyclic) bond motifs is 2. The number of nitrogens with zero attached hydrogens (tertiary/aromatic N) is 7. The first kappa shape index (κ1) is 42.8. The minimum absolute atomic E-state index is 0.0321. The summed E-state index contributed by atoms with van der Waals surface area (Å²) in [5, 5.41) is 10.2. The minimum Gasteiger partial charge on any atom is -0.385 e. The number of halogens is 2. The van der Waals surface area contributed by atoms with Crippen LogP contribution in [-0.4, -0.2) is 116 Å². The molecule has 15 nitrogen and oxygen atoms in total. The maximum Gasteiger partial charge on any atom is 0.261 e. The number of benzene rings is 3. The second kappa shape index (κ2) is 18.7. The first-order chi connectivity index (χ1) is 31.1. The van der Waals surface area contributed by atoms with E-state index >= 15 is 8.78 Å². The van der Waals surface area contributed by atoms with Crippen LogP contribution >= 0.6 is 0 Å². The van der Waals surface area contributed by atoms with Crippen LogP contribution in [0.2, 0.25) is 0 Å². The lowest BCUT2D eigenvalue weighted by molar-refractivity contribution is -0.143. The number of para-hydroxylation sites is 1. The lowest BCUT2D eigenvalue weighted by Crippen LogP contribution is -2.58. The zero-order valence-electron chi connectivity index (χ0n) is 35.4. The summed E-state index contributed by atoms with van der Waals surface area (Å²) in [6.45, 7) is 4.34. The van der Waals surface area contributed by atoms with Gasteiger partial charge in [0.15, 0.2) is 0 Å². The van der Waals surface area contributed by atoms with Crippen molar-refractivity contribution in [3.8, 4) is 22.4 Å². The molecule has 64 heavy (non-hydrogen) atoms. The van der Waals surface area contributed by atoms with Crippen LogP contribution in [0.3, 0.4) is 0 Å². The summed E-state index contributed by atoms with van der Waals surface area (Å²) in [6.07, 6.45) is 9.78. The van der Waals surface area contributed by atoms with Crippen LogP contribution in [0.1, 0.15) is 78.9 Å². The third-order valence-corrected chi connectivity index (χ3v) is 12.7. The number of likely N-dealkylation sites (tertiary alicyclic amines) is 1. The Balaban J connectivity index is 0.745. The Morgan fingerprint density at radius 1 is 0.875 bits per heavy atom. The third-order valence-electron chi connectivity index (χ3n) is 12.7. The Hall–Kier alpha value is -6.46. The van der Waals surface area contributed by atoms with Crippen LogP contribution in [0.25, 0.3) is 33.4 Å². The van der Waals surface area contributed by atoms with Gasteiger partial charge < -0.3 is 15.0 Å². The van der Waals surface area contributed by atoms with Crippen molar-refractivity contribution < 1.29 is 37.5 Å². The molecule has 0 spiro atoms. The van der Waals surface area contributed by atoms with Crippen molar-refractivity contribution in [3.63, 3.8) is 0 Å². The molecular weight excluding hydrogens is 825 g/mol. The number of unbranched alkanes of at least 4 members (excludes halogenated alkanes) is 2. The molecule has 332 valence electrons. The van der Waals surface area contributed by atoms with E-state index < -0.39 is 41.3 Å². The Labute approximate surface area is 368 Å². The summed E-state index contributed by atoms with van der Waals surface area (Å²) >= 11 is 0. The fourth-order valence-electron chi connectivity index (χ4n) is 9.17. The van der Waals surface area contributed by atoms with E-state index in [1.807, 2.05) is 32.8 Å². The predicted octanol–water partition coefficient (Wildman–Crippen LogP) is 5.44. The maximum atomic E-state index is 15.4. The molecule has 2 aromatic heterocycles. The lowest BCUT2D eigenvalue weighted by atomic mass is 9.93. The molecule has 5 aromatic rings. The monoisotopic (exact) mass is 873 g/mol. The standard InChI is InChI=1S/C47H49F2N9O6/c48-36-22-29(23-37(49)35(36)28-55-18-20-64-21-19-55)32-6-4-9-39-45(32)53-40(26-51-39)30-25-52-57(27-30)31-13-16-56(17-14-31)43(60)10-2-1-3-15-50-38-8-5-7-33-34(38)24-44(61)58(47(33)63)41-11-12-42(59)54-46(41)62/h4-9,22-23,25-27,31,41,50H,1-3,10-21,24,28H2,(H,54,59,62). The molecule has 0 aliphatic carbocycles. The smallest absolute Gasteiger partial charge is 0.261 e. The van der Waals surface area contributed by atoms with Gasteiger partial charge in [-0.1, -0.05) is 24.6 Å². The number of morpholine rings is 1. The normalized spacial score (nSPS) is 18.7. The van der Waals surface area contributed by atoms with Gasteiger partial charge >= 0.3 is 0 Å². The number of ether oxygens (including phenoxy) is 1. The highest BCUT2D eigenvalue weighted by Gasteiger charge is 2.42. The summed E-state index contributed by atoms with van der Waals surface area (Å²) in [5.74, 6) is -3.14. The van der Waals surface area contributed by atoms with E-state index in [4.69, 9.17) is 9.72 Å². The van der Waals surface area contributed by atoms with Crippen LogP contribution in [-0.2, 0) is 36.9 Å².